The van der Waals surface area contributed by atoms with Crippen molar-refractivity contribution < 1.29 is 30.8 Å². The second-order valence-corrected chi connectivity index (χ2v) is 12.9. The molecule has 0 radical (unpaired) electrons. The largest absolute Gasteiger partial charge is 0.497 e. The first-order valence-electron chi connectivity index (χ1n) is 11.7. The Balaban J connectivity index is 1.53. The standard InChI is InChI=1S/C27H22Cl2FN3O6S2/c1-39-22-9-13-24(14-10-22)41(37,38)33(21-7-3-19(30)4-8-21)17-27(34)31-20-5-11-23(12-6-20)40(35,36)32-26-15-2-18(28)16-25(26)29/h2-16,32H,17H2,1H3,(H,31,34). The van der Waals surface area contributed by atoms with E-state index < -0.39 is 38.3 Å². The first-order chi connectivity index (χ1) is 19.4. The number of benzene rings is 4. The van der Waals surface area contributed by atoms with Gasteiger partial charge in [0.1, 0.15) is 18.1 Å². The van der Waals surface area contributed by atoms with Crippen LogP contribution in [0.15, 0.2) is 101 Å². The lowest BCUT2D eigenvalue weighted by Gasteiger charge is -2.24. The lowest BCUT2D eigenvalue weighted by atomic mass is 10.3. The predicted molar refractivity (Wildman–Crippen MR) is 156 cm³/mol. The van der Waals surface area contributed by atoms with Gasteiger partial charge in [0, 0.05) is 10.7 Å². The van der Waals surface area contributed by atoms with Crippen LogP contribution in [0.2, 0.25) is 10.0 Å². The van der Waals surface area contributed by atoms with Gasteiger partial charge in [-0.25, -0.2) is 21.2 Å². The third-order valence-corrected chi connectivity index (χ3v) is 9.39. The highest BCUT2D eigenvalue weighted by atomic mass is 35.5. The van der Waals surface area contributed by atoms with Crippen molar-refractivity contribution in [3.8, 4) is 5.75 Å². The van der Waals surface area contributed by atoms with Crippen LogP contribution in [-0.4, -0.2) is 36.4 Å². The summed E-state index contributed by atoms with van der Waals surface area (Å²) in [7, 11) is -6.84. The van der Waals surface area contributed by atoms with Gasteiger partial charge in [-0.3, -0.25) is 13.8 Å². The fraction of sp³-hybridized carbons (Fsp3) is 0.0741. The predicted octanol–water partition coefficient (Wildman–Crippen LogP) is 5.78. The summed E-state index contributed by atoms with van der Waals surface area (Å²) in [5.74, 6) is -0.872. The number of rotatable bonds is 10. The Morgan fingerprint density at radius 2 is 1.46 bits per heavy atom. The van der Waals surface area contributed by atoms with Gasteiger partial charge in [0.2, 0.25) is 5.91 Å². The fourth-order valence-corrected chi connectivity index (χ4v) is 6.63. The molecular formula is C27H22Cl2FN3O6S2. The third kappa shape index (κ3) is 7.27. The topological polar surface area (TPSA) is 122 Å². The van der Waals surface area contributed by atoms with Gasteiger partial charge in [0.05, 0.1) is 33.3 Å². The van der Waals surface area contributed by atoms with E-state index in [-0.39, 0.29) is 31.9 Å². The molecule has 0 atom stereocenters. The molecule has 0 unspecified atom stereocenters. The van der Waals surface area contributed by atoms with Gasteiger partial charge in [-0.05, 0) is 91.0 Å². The molecule has 0 aliphatic carbocycles. The number of carbonyl (C=O) groups excluding carboxylic acids is 1. The van der Waals surface area contributed by atoms with Crippen molar-refractivity contribution in [1.82, 2.24) is 0 Å². The molecule has 4 rings (SSSR count). The van der Waals surface area contributed by atoms with Gasteiger partial charge in [0.15, 0.2) is 0 Å². The number of sulfonamides is 2. The number of nitrogens with one attached hydrogen (secondary N) is 2. The van der Waals surface area contributed by atoms with Crippen LogP contribution in [0.25, 0.3) is 0 Å². The van der Waals surface area contributed by atoms with Crippen molar-refractivity contribution in [3.63, 3.8) is 0 Å². The second-order valence-electron chi connectivity index (χ2n) is 8.47. The summed E-state index contributed by atoms with van der Waals surface area (Å²) in [4.78, 5) is 12.7. The Bertz CT molecular complexity index is 1770. The minimum atomic E-state index is -4.25. The molecule has 0 saturated heterocycles. The molecule has 0 spiro atoms. The molecule has 214 valence electrons. The van der Waals surface area contributed by atoms with Gasteiger partial charge in [-0.1, -0.05) is 23.2 Å². The molecule has 0 aromatic heterocycles. The van der Waals surface area contributed by atoms with Crippen molar-refractivity contribution >= 4 is 66.2 Å². The molecule has 41 heavy (non-hydrogen) atoms. The zero-order chi connectivity index (χ0) is 29.8. The molecule has 4 aromatic rings. The number of carbonyl (C=O) groups is 1. The molecule has 0 heterocycles. The monoisotopic (exact) mass is 637 g/mol. The van der Waals surface area contributed by atoms with Crippen molar-refractivity contribution in [3.05, 3.63) is 107 Å². The van der Waals surface area contributed by atoms with Crippen LogP contribution in [0.1, 0.15) is 0 Å². The van der Waals surface area contributed by atoms with Crippen LogP contribution in [0, 0.1) is 5.82 Å². The van der Waals surface area contributed by atoms with Gasteiger partial charge in [0.25, 0.3) is 20.0 Å². The molecule has 14 heteroatoms. The van der Waals surface area contributed by atoms with Gasteiger partial charge < -0.3 is 10.1 Å². The Hall–Kier alpha value is -3.84. The number of halogens is 3. The number of methoxy groups -OCH3 is 1. The number of nitrogens with zero attached hydrogens (tertiary/aromatic N) is 1. The average Bonchev–Trinajstić information content (AvgIpc) is 2.94. The normalized spacial score (nSPS) is 11.5. The first-order valence-corrected chi connectivity index (χ1v) is 15.4. The maximum absolute atomic E-state index is 13.6. The summed E-state index contributed by atoms with van der Waals surface area (Å²) in [6.45, 7) is -0.656. The molecule has 0 bridgehead atoms. The Morgan fingerprint density at radius 1 is 0.854 bits per heavy atom. The number of ether oxygens (including phenoxy) is 1. The number of anilines is 3. The summed E-state index contributed by atoms with van der Waals surface area (Å²) in [6, 6.07) is 19.7. The van der Waals surface area contributed by atoms with Crippen molar-refractivity contribution in [2.45, 2.75) is 9.79 Å². The maximum Gasteiger partial charge on any atom is 0.264 e. The molecule has 4 aromatic carbocycles. The molecule has 9 nitrogen and oxygen atoms in total. The highest BCUT2D eigenvalue weighted by molar-refractivity contribution is 7.93. The minimum absolute atomic E-state index is 0.0609. The van der Waals surface area contributed by atoms with Crippen LogP contribution in [0.3, 0.4) is 0 Å². The van der Waals surface area contributed by atoms with E-state index in [4.69, 9.17) is 27.9 Å². The lowest BCUT2D eigenvalue weighted by molar-refractivity contribution is -0.114. The second kappa shape index (κ2) is 12.4. The Morgan fingerprint density at radius 3 is 2.05 bits per heavy atom. The molecule has 0 aliphatic rings. The quantitative estimate of drug-likeness (QED) is 0.227. The van der Waals surface area contributed by atoms with Crippen molar-refractivity contribution in [1.29, 1.82) is 0 Å². The highest BCUT2D eigenvalue weighted by Crippen LogP contribution is 2.28. The van der Waals surface area contributed by atoms with Crippen molar-refractivity contribution in [2.75, 3.05) is 28.0 Å². The Labute approximate surface area is 246 Å². The van der Waals surface area contributed by atoms with Crippen LogP contribution < -0.4 is 19.1 Å². The molecular weight excluding hydrogens is 616 g/mol. The number of hydrogen-bond acceptors (Lipinski definition) is 6. The molecule has 0 aliphatic heterocycles. The van der Waals surface area contributed by atoms with Gasteiger partial charge in [-0.2, -0.15) is 0 Å². The zero-order valence-corrected chi connectivity index (χ0v) is 24.4. The summed E-state index contributed by atoms with van der Waals surface area (Å²) < 4.78 is 74.3. The SMILES string of the molecule is COc1ccc(S(=O)(=O)N(CC(=O)Nc2ccc(S(=O)(=O)Nc3ccc(Cl)cc3Cl)cc2)c2ccc(F)cc2)cc1. The summed E-state index contributed by atoms with van der Waals surface area (Å²) in [6.07, 6.45) is 0. The molecule has 0 fully saturated rings. The van der Waals surface area contributed by atoms with Crippen LogP contribution in [0.5, 0.6) is 5.75 Å². The summed E-state index contributed by atoms with van der Waals surface area (Å²) in [5.41, 5.74) is 0.400. The summed E-state index contributed by atoms with van der Waals surface area (Å²) in [5, 5.41) is 3.00. The van der Waals surface area contributed by atoms with Crippen LogP contribution in [-0.2, 0) is 24.8 Å². The van der Waals surface area contributed by atoms with Crippen LogP contribution >= 0.6 is 23.2 Å². The van der Waals surface area contributed by atoms with E-state index in [1.54, 1.807) is 0 Å². The Kier molecular flexibility index (Phi) is 9.08. The molecule has 1 amide bonds. The number of amides is 1. The van der Waals surface area contributed by atoms with E-state index in [0.29, 0.717) is 10.8 Å². The van der Waals surface area contributed by atoms with Crippen molar-refractivity contribution in [2.24, 2.45) is 0 Å². The smallest absolute Gasteiger partial charge is 0.264 e. The minimum Gasteiger partial charge on any atom is -0.497 e. The van der Waals surface area contributed by atoms with Gasteiger partial charge >= 0.3 is 0 Å². The summed E-state index contributed by atoms with van der Waals surface area (Å²) >= 11 is 11.9. The molecule has 0 saturated carbocycles. The maximum atomic E-state index is 13.6. The first kappa shape index (κ1) is 30.1. The van der Waals surface area contributed by atoms with E-state index in [0.717, 1.165) is 16.4 Å². The van der Waals surface area contributed by atoms with E-state index in [1.807, 2.05) is 0 Å². The van der Waals surface area contributed by atoms with E-state index >= 15 is 0 Å². The lowest BCUT2D eigenvalue weighted by Crippen LogP contribution is -2.38. The average molecular weight is 639 g/mol. The molecule has 2 N–H and O–H groups in total. The third-order valence-electron chi connectivity index (χ3n) is 5.67. The van der Waals surface area contributed by atoms with Crippen LogP contribution in [0.4, 0.5) is 21.5 Å². The highest BCUT2D eigenvalue weighted by Gasteiger charge is 2.27. The fourth-order valence-electron chi connectivity index (χ4n) is 3.62. The van der Waals surface area contributed by atoms with E-state index in [9.17, 15) is 26.0 Å². The van der Waals surface area contributed by atoms with Gasteiger partial charge in [-0.15, -0.1) is 0 Å². The number of hydrogen-bond donors (Lipinski definition) is 2. The zero-order valence-electron chi connectivity index (χ0n) is 21.2. The van der Waals surface area contributed by atoms with E-state index in [1.165, 1.54) is 86.0 Å². The van der Waals surface area contributed by atoms with E-state index in [2.05, 4.69) is 10.0 Å².